The van der Waals surface area contributed by atoms with E-state index >= 15 is 0 Å². The zero-order valence-electron chi connectivity index (χ0n) is 14.6. The molecular weight excluding hydrogens is 320 g/mol. The lowest BCUT2D eigenvalue weighted by molar-refractivity contribution is -0.122. The first kappa shape index (κ1) is 17.2. The van der Waals surface area contributed by atoms with Crippen molar-refractivity contribution in [2.45, 2.75) is 39.2 Å². The number of H-pyrrole nitrogens is 1. The lowest BCUT2D eigenvalue weighted by Gasteiger charge is -2.23. The van der Waals surface area contributed by atoms with E-state index in [1.54, 1.807) is 26.1 Å². The standard InChI is InChI=1S/C18H22N4O3/c1-11-9-13(12(2)25-11)18(3,24)10-20-16(23)7-6-15-21-14-5-4-8-19-17(14)22-15/h4-5,8-9,24H,6-7,10H2,1-3H3,(H,20,23)(H,19,21,22). The number of hydrogen-bond donors (Lipinski definition) is 3. The molecule has 0 fully saturated rings. The van der Waals surface area contributed by atoms with Gasteiger partial charge in [0.25, 0.3) is 0 Å². The largest absolute Gasteiger partial charge is 0.466 e. The van der Waals surface area contributed by atoms with Gasteiger partial charge >= 0.3 is 0 Å². The highest BCUT2D eigenvalue weighted by Gasteiger charge is 2.28. The summed E-state index contributed by atoms with van der Waals surface area (Å²) in [5.41, 5.74) is 1.01. The number of carbonyl (C=O) groups excluding carboxylic acids is 1. The van der Waals surface area contributed by atoms with Crippen molar-refractivity contribution < 1.29 is 14.3 Å². The Bertz CT molecular complexity index is 862. The Hall–Kier alpha value is -2.67. The van der Waals surface area contributed by atoms with Gasteiger partial charge in [-0.3, -0.25) is 4.79 Å². The van der Waals surface area contributed by atoms with Crippen molar-refractivity contribution in [1.82, 2.24) is 20.3 Å². The molecule has 0 saturated heterocycles. The number of rotatable bonds is 6. The summed E-state index contributed by atoms with van der Waals surface area (Å²) in [5.74, 6) is 1.97. The number of aromatic nitrogens is 3. The van der Waals surface area contributed by atoms with Gasteiger partial charge in [0.1, 0.15) is 22.9 Å². The Morgan fingerprint density at radius 2 is 2.24 bits per heavy atom. The molecule has 132 valence electrons. The molecular formula is C18H22N4O3. The van der Waals surface area contributed by atoms with E-state index in [2.05, 4.69) is 20.3 Å². The van der Waals surface area contributed by atoms with Crippen molar-refractivity contribution in [3.63, 3.8) is 0 Å². The number of hydrogen-bond acceptors (Lipinski definition) is 5. The molecule has 3 rings (SSSR count). The monoisotopic (exact) mass is 342 g/mol. The summed E-state index contributed by atoms with van der Waals surface area (Å²) < 4.78 is 5.45. The fraction of sp³-hybridized carbons (Fsp3) is 0.389. The maximum Gasteiger partial charge on any atom is 0.220 e. The van der Waals surface area contributed by atoms with Crippen molar-refractivity contribution in [2.75, 3.05) is 6.54 Å². The highest BCUT2D eigenvalue weighted by molar-refractivity contribution is 5.76. The topological polar surface area (TPSA) is 104 Å². The van der Waals surface area contributed by atoms with E-state index in [0.717, 1.165) is 17.1 Å². The van der Waals surface area contributed by atoms with Gasteiger partial charge in [-0.05, 0) is 39.0 Å². The van der Waals surface area contributed by atoms with Crippen molar-refractivity contribution in [3.8, 4) is 0 Å². The van der Waals surface area contributed by atoms with Gasteiger partial charge in [-0.1, -0.05) is 0 Å². The van der Waals surface area contributed by atoms with Crippen LogP contribution in [0.2, 0.25) is 0 Å². The molecule has 25 heavy (non-hydrogen) atoms. The second kappa shape index (κ2) is 6.68. The van der Waals surface area contributed by atoms with Crippen LogP contribution in [0.3, 0.4) is 0 Å². The zero-order valence-corrected chi connectivity index (χ0v) is 14.6. The van der Waals surface area contributed by atoms with Crippen molar-refractivity contribution in [3.05, 3.63) is 47.3 Å². The summed E-state index contributed by atoms with van der Waals surface area (Å²) in [6.45, 7) is 5.41. The Labute approximate surface area is 145 Å². The number of imidazole rings is 1. The highest BCUT2D eigenvalue weighted by atomic mass is 16.3. The molecule has 0 aliphatic heterocycles. The summed E-state index contributed by atoms with van der Waals surface area (Å²) in [6, 6.07) is 5.52. The van der Waals surface area contributed by atoms with Crippen molar-refractivity contribution >= 4 is 17.1 Å². The number of aryl methyl sites for hydroxylation is 3. The Kier molecular flexibility index (Phi) is 4.59. The molecule has 0 radical (unpaired) electrons. The normalized spacial score (nSPS) is 13.8. The van der Waals surface area contributed by atoms with Crippen LogP contribution in [0.15, 0.2) is 28.8 Å². The van der Waals surface area contributed by atoms with Crippen LogP contribution in [-0.2, 0) is 16.8 Å². The average molecular weight is 342 g/mol. The third-order valence-electron chi connectivity index (χ3n) is 4.15. The zero-order chi connectivity index (χ0) is 18.0. The molecule has 0 aliphatic carbocycles. The van der Waals surface area contributed by atoms with Crippen LogP contribution in [0, 0.1) is 13.8 Å². The average Bonchev–Trinajstić information content (AvgIpc) is 3.13. The van der Waals surface area contributed by atoms with E-state index in [-0.39, 0.29) is 18.9 Å². The summed E-state index contributed by atoms with van der Waals surface area (Å²) in [5, 5.41) is 13.4. The molecule has 1 unspecified atom stereocenters. The summed E-state index contributed by atoms with van der Waals surface area (Å²) in [7, 11) is 0. The fourth-order valence-corrected chi connectivity index (χ4v) is 2.87. The molecule has 3 aromatic rings. The number of aromatic amines is 1. The number of nitrogens with zero attached hydrogens (tertiary/aromatic N) is 2. The Morgan fingerprint density at radius 3 is 2.92 bits per heavy atom. The van der Waals surface area contributed by atoms with Crippen LogP contribution in [0.4, 0.5) is 0 Å². The predicted octanol–water partition coefficient (Wildman–Crippen LogP) is 2.12. The van der Waals surface area contributed by atoms with Crippen LogP contribution < -0.4 is 5.32 Å². The summed E-state index contributed by atoms with van der Waals surface area (Å²) in [4.78, 5) is 23.7. The van der Waals surface area contributed by atoms with Gasteiger partial charge in [-0.15, -0.1) is 0 Å². The minimum Gasteiger partial charge on any atom is -0.466 e. The quantitative estimate of drug-likeness (QED) is 0.636. The molecule has 7 nitrogen and oxygen atoms in total. The molecule has 3 aromatic heterocycles. The van der Waals surface area contributed by atoms with Crippen molar-refractivity contribution in [1.29, 1.82) is 0 Å². The number of aliphatic hydroxyl groups is 1. The minimum absolute atomic E-state index is 0.118. The molecule has 0 saturated carbocycles. The first-order valence-electron chi connectivity index (χ1n) is 8.21. The molecule has 3 N–H and O–H groups in total. The molecule has 1 atom stereocenters. The molecule has 0 aliphatic rings. The maximum atomic E-state index is 12.1. The molecule has 3 heterocycles. The molecule has 0 spiro atoms. The van der Waals surface area contributed by atoms with Crippen LogP contribution in [0.1, 0.15) is 36.3 Å². The van der Waals surface area contributed by atoms with Crippen LogP contribution in [0.5, 0.6) is 0 Å². The van der Waals surface area contributed by atoms with E-state index in [1.165, 1.54) is 0 Å². The molecule has 0 aromatic carbocycles. The van der Waals surface area contributed by atoms with Gasteiger partial charge < -0.3 is 19.8 Å². The van der Waals surface area contributed by atoms with Crippen molar-refractivity contribution in [2.24, 2.45) is 0 Å². The highest BCUT2D eigenvalue weighted by Crippen LogP contribution is 2.26. The third kappa shape index (κ3) is 3.88. The number of pyridine rings is 1. The molecule has 1 amide bonds. The fourth-order valence-electron chi connectivity index (χ4n) is 2.87. The molecule has 0 bridgehead atoms. The van der Waals surface area contributed by atoms with Crippen LogP contribution in [0.25, 0.3) is 11.2 Å². The lowest BCUT2D eigenvalue weighted by Crippen LogP contribution is -2.38. The lowest BCUT2D eigenvalue weighted by atomic mass is 9.96. The van der Waals surface area contributed by atoms with E-state index in [1.807, 2.05) is 19.1 Å². The van der Waals surface area contributed by atoms with E-state index in [9.17, 15) is 9.90 Å². The van der Waals surface area contributed by atoms with E-state index < -0.39 is 5.60 Å². The van der Waals surface area contributed by atoms with E-state index in [4.69, 9.17) is 4.42 Å². The van der Waals surface area contributed by atoms with Gasteiger partial charge in [-0.25, -0.2) is 9.97 Å². The minimum atomic E-state index is -1.18. The molecule has 7 heteroatoms. The number of fused-ring (bicyclic) bond motifs is 1. The number of amides is 1. The predicted molar refractivity (Wildman–Crippen MR) is 93.0 cm³/mol. The van der Waals surface area contributed by atoms with Gasteiger partial charge in [-0.2, -0.15) is 0 Å². The van der Waals surface area contributed by atoms with Gasteiger partial charge in [0.05, 0.1) is 12.1 Å². The second-order valence-corrected chi connectivity index (χ2v) is 6.44. The summed E-state index contributed by atoms with van der Waals surface area (Å²) >= 11 is 0. The smallest absolute Gasteiger partial charge is 0.220 e. The second-order valence-electron chi connectivity index (χ2n) is 6.44. The first-order chi connectivity index (χ1) is 11.8. The SMILES string of the molecule is Cc1cc(C(C)(O)CNC(=O)CCc2nc3ncccc3[nH]2)c(C)o1. The van der Waals surface area contributed by atoms with Gasteiger partial charge in [0.15, 0.2) is 5.65 Å². The van der Waals surface area contributed by atoms with Gasteiger partial charge in [0, 0.05) is 24.6 Å². The van der Waals surface area contributed by atoms with E-state index in [0.29, 0.717) is 23.4 Å². The first-order valence-corrected chi connectivity index (χ1v) is 8.21. The number of nitrogens with one attached hydrogen (secondary N) is 2. The van der Waals surface area contributed by atoms with Crippen LogP contribution >= 0.6 is 0 Å². The maximum absolute atomic E-state index is 12.1. The Balaban J connectivity index is 1.54. The number of carbonyl (C=O) groups is 1. The number of furan rings is 1. The summed E-state index contributed by atoms with van der Waals surface area (Å²) in [6.07, 6.45) is 2.44. The Morgan fingerprint density at radius 1 is 1.44 bits per heavy atom. The van der Waals surface area contributed by atoms with Gasteiger partial charge in [0.2, 0.25) is 5.91 Å². The van der Waals surface area contributed by atoms with Crippen LogP contribution in [-0.4, -0.2) is 32.5 Å². The third-order valence-corrected chi connectivity index (χ3v) is 4.15.